The molecule has 0 unspecified atom stereocenters. The van der Waals surface area contributed by atoms with Crippen LogP contribution in [0.2, 0.25) is 0 Å². The lowest BCUT2D eigenvalue weighted by molar-refractivity contribution is -0.119. The van der Waals surface area contributed by atoms with Gasteiger partial charge in [-0.3, -0.25) is 10.1 Å². The number of nitrogens with zero attached hydrogens (tertiary/aromatic N) is 2. The number of carbonyl (C=O) groups excluding carboxylic acids is 2. The van der Waals surface area contributed by atoms with Crippen molar-refractivity contribution in [3.8, 4) is 16.3 Å². The summed E-state index contributed by atoms with van der Waals surface area (Å²) in [5.74, 6) is 0.384. The summed E-state index contributed by atoms with van der Waals surface area (Å²) in [5.41, 5.74) is 0.856. The number of benzene rings is 1. The maximum Gasteiger partial charge on any atom is 0.315 e. The van der Waals surface area contributed by atoms with Gasteiger partial charge >= 0.3 is 6.03 Å². The van der Waals surface area contributed by atoms with E-state index in [1.54, 1.807) is 7.11 Å². The largest absolute Gasteiger partial charge is 0.497 e. The van der Waals surface area contributed by atoms with Gasteiger partial charge in [0.05, 0.1) is 7.11 Å². The molecule has 0 aliphatic carbocycles. The van der Waals surface area contributed by atoms with Crippen molar-refractivity contribution in [1.29, 1.82) is 0 Å². The average Bonchev–Trinajstić information content (AvgIpc) is 3.20. The van der Waals surface area contributed by atoms with Crippen LogP contribution in [0.4, 0.5) is 9.93 Å². The van der Waals surface area contributed by atoms with Crippen LogP contribution in [0.25, 0.3) is 10.6 Å². The van der Waals surface area contributed by atoms with Crippen molar-refractivity contribution in [3.63, 3.8) is 0 Å². The van der Waals surface area contributed by atoms with Gasteiger partial charge < -0.3 is 15.4 Å². The van der Waals surface area contributed by atoms with Gasteiger partial charge in [0.15, 0.2) is 0 Å². The lowest BCUT2D eigenvalue weighted by Gasteiger charge is -2.23. The molecular weight excluding hydrogens is 390 g/mol. The third-order valence-electron chi connectivity index (χ3n) is 4.57. The van der Waals surface area contributed by atoms with Crippen molar-refractivity contribution in [1.82, 2.24) is 20.8 Å². The number of carbonyl (C=O) groups is 2. The summed E-state index contributed by atoms with van der Waals surface area (Å²) in [6.45, 7) is 6.54. The Bertz CT molecular complexity index is 811. The molecule has 0 radical (unpaired) electrons. The second-order valence-electron chi connectivity index (χ2n) is 6.75. The van der Waals surface area contributed by atoms with Crippen molar-refractivity contribution in [3.05, 3.63) is 24.3 Å². The summed E-state index contributed by atoms with van der Waals surface area (Å²) in [7, 11) is 1.60. The minimum Gasteiger partial charge on any atom is -0.497 e. The molecular formula is C20H29N5O3S. The number of urea groups is 1. The third-order valence-corrected chi connectivity index (χ3v) is 5.46. The highest BCUT2D eigenvalue weighted by Crippen LogP contribution is 2.29. The summed E-state index contributed by atoms with van der Waals surface area (Å²) < 4.78 is 5.23. The molecule has 9 heteroatoms. The number of amides is 3. The van der Waals surface area contributed by atoms with E-state index >= 15 is 0 Å². The number of methoxy groups -OCH3 is 1. The Morgan fingerprint density at radius 2 is 2.03 bits per heavy atom. The molecule has 0 saturated carbocycles. The molecule has 2 aromatic rings. The summed E-state index contributed by atoms with van der Waals surface area (Å²) in [4.78, 5) is 24.9. The number of rotatable bonds is 10. The monoisotopic (exact) mass is 419 g/mol. The molecule has 8 nitrogen and oxygen atoms in total. The van der Waals surface area contributed by atoms with Crippen molar-refractivity contribution in [2.75, 3.05) is 19.0 Å². The average molecular weight is 420 g/mol. The van der Waals surface area contributed by atoms with Crippen molar-refractivity contribution in [2.45, 2.75) is 46.1 Å². The van der Waals surface area contributed by atoms with Crippen LogP contribution in [0.3, 0.4) is 0 Å². The Morgan fingerprint density at radius 1 is 1.24 bits per heavy atom. The van der Waals surface area contributed by atoms with Gasteiger partial charge in [-0.1, -0.05) is 57.1 Å². The Hall–Kier alpha value is -2.68. The molecule has 1 aromatic heterocycles. The van der Waals surface area contributed by atoms with E-state index < -0.39 is 6.04 Å². The van der Waals surface area contributed by atoms with Crippen LogP contribution in [0.5, 0.6) is 5.75 Å². The second kappa shape index (κ2) is 11.4. The summed E-state index contributed by atoms with van der Waals surface area (Å²) in [6, 6.07) is 6.48. The van der Waals surface area contributed by atoms with Gasteiger partial charge in [0.2, 0.25) is 11.0 Å². The normalized spacial score (nSPS) is 12.7. The van der Waals surface area contributed by atoms with Gasteiger partial charge in [0.1, 0.15) is 16.8 Å². The van der Waals surface area contributed by atoms with Crippen LogP contribution in [0, 0.1) is 5.92 Å². The maximum atomic E-state index is 12.8. The van der Waals surface area contributed by atoms with E-state index in [1.807, 2.05) is 38.1 Å². The van der Waals surface area contributed by atoms with E-state index in [-0.39, 0.29) is 17.9 Å². The van der Waals surface area contributed by atoms with Crippen LogP contribution < -0.4 is 20.7 Å². The lowest BCUT2D eigenvalue weighted by atomic mass is 9.98. The Balaban J connectivity index is 2.05. The fourth-order valence-corrected chi connectivity index (χ4v) is 3.35. The first kappa shape index (κ1) is 22.6. The first-order valence-electron chi connectivity index (χ1n) is 9.81. The van der Waals surface area contributed by atoms with Gasteiger partial charge in [-0.2, -0.15) is 0 Å². The van der Waals surface area contributed by atoms with Gasteiger partial charge in [-0.05, 0) is 24.5 Å². The molecule has 29 heavy (non-hydrogen) atoms. The molecule has 0 aliphatic rings. The molecule has 0 bridgehead atoms. The summed E-state index contributed by atoms with van der Waals surface area (Å²) in [5, 5.41) is 17.6. The van der Waals surface area contributed by atoms with Crippen LogP contribution in [-0.2, 0) is 4.79 Å². The predicted octanol–water partition coefficient (Wildman–Crippen LogP) is 3.67. The van der Waals surface area contributed by atoms with E-state index in [4.69, 9.17) is 4.74 Å². The second-order valence-corrected chi connectivity index (χ2v) is 7.73. The number of ether oxygens (including phenoxy) is 1. The van der Waals surface area contributed by atoms with Crippen molar-refractivity contribution < 1.29 is 14.3 Å². The Kier molecular flexibility index (Phi) is 8.85. The summed E-state index contributed by atoms with van der Waals surface area (Å²) in [6.07, 6.45) is 2.63. The molecule has 1 heterocycles. The molecule has 2 atom stereocenters. The molecule has 0 aliphatic heterocycles. The molecule has 0 spiro atoms. The SMILES string of the molecule is CCCCNC(=O)N[C@@H](C(=O)Nc1nnc(-c2cccc(OC)c2)s1)[C@H](C)CC. The highest BCUT2D eigenvalue weighted by Gasteiger charge is 2.26. The summed E-state index contributed by atoms with van der Waals surface area (Å²) >= 11 is 1.27. The molecule has 2 rings (SSSR count). The van der Waals surface area contributed by atoms with Crippen molar-refractivity contribution in [2.24, 2.45) is 5.92 Å². The first-order valence-corrected chi connectivity index (χ1v) is 10.6. The van der Waals surface area contributed by atoms with Gasteiger partial charge in [0, 0.05) is 12.1 Å². The smallest absolute Gasteiger partial charge is 0.315 e. The van der Waals surface area contributed by atoms with E-state index in [2.05, 4.69) is 33.1 Å². The van der Waals surface area contributed by atoms with Crippen LogP contribution in [-0.4, -0.2) is 41.8 Å². The molecule has 3 amide bonds. The van der Waals surface area contributed by atoms with Gasteiger partial charge in [-0.15, -0.1) is 10.2 Å². The minimum atomic E-state index is -0.661. The Labute approximate surface area is 175 Å². The highest BCUT2D eigenvalue weighted by molar-refractivity contribution is 7.18. The first-order chi connectivity index (χ1) is 14.0. The molecule has 3 N–H and O–H groups in total. The third kappa shape index (κ3) is 6.70. The van der Waals surface area contributed by atoms with E-state index in [9.17, 15) is 9.59 Å². The Morgan fingerprint density at radius 3 is 2.72 bits per heavy atom. The number of nitrogens with one attached hydrogen (secondary N) is 3. The highest BCUT2D eigenvalue weighted by atomic mass is 32.1. The number of hydrogen-bond acceptors (Lipinski definition) is 6. The van der Waals surface area contributed by atoms with Crippen LogP contribution in [0.1, 0.15) is 40.0 Å². The topological polar surface area (TPSA) is 105 Å². The van der Waals surface area contributed by atoms with Gasteiger partial charge in [-0.25, -0.2) is 4.79 Å². The van der Waals surface area contributed by atoms with E-state index in [0.29, 0.717) is 16.7 Å². The fraction of sp³-hybridized carbons (Fsp3) is 0.500. The van der Waals surface area contributed by atoms with Crippen molar-refractivity contribution >= 4 is 28.4 Å². The number of hydrogen-bond donors (Lipinski definition) is 3. The standard InChI is InChI=1S/C20H29N5O3S/c1-5-7-11-21-19(27)22-16(13(3)6-2)17(26)23-20-25-24-18(29-20)14-9-8-10-15(12-14)28-4/h8-10,12-13,16H,5-7,11H2,1-4H3,(H2,21,22,27)(H,23,25,26)/t13-,16-/m1/s1. The molecule has 0 saturated heterocycles. The zero-order valence-electron chi connectivity index (χ0n) is 17.3. The van der Waals surface area contributed by atoms with E-state index in [0.717, 1.165) is 30.6 Å². The minimum absolute atomic E-state index is 0.0299. The predicted molar refractivity (Wildman–Crippen MR) is 115 cm³/mol. The number of aromatic nitrogens is 2. The van der Waals surface area contributed by atoms with Gasteiger partial charge in [0.25, 0.3) is 0 Å². The lowest BCUT2D eigenvalue weighted by Crippen LogP contribution is -2.51. The quantitative estimate of drug-likeness (QED) is 0.510. The van der Waals surface area contributed by atoms with Crippen LogP contribution in [0.15, 0.2) is 24.3 Å². The zero-order valence-corrected chi connectivity index (χ0v) is 18.1. The molecule has 1 aromatic carbocycles. The van der Waals surface area contributed by atoms with E-state index in [1.165, 1.54) is 11.3 Å². The molecule has 0 fully saturated rings. The zero-order chi connectivity index (χ0) is 21.2. The maximum absolute atomic E-state index is 12.8. The van der Waals surface area contributed by atoms with Crippen LogP contribution >= 0.6 is 11.3 Å². The fourth-order valence-electron chi connectivity index (χ4n) is 2.60. The molecule has 158 valence electrons. The number of anilines is 1. The number of unbranched alkanes of at least 4 members (excludes halogenated alkanes) is 1.